The van der Waals surface area contributed by atoms with Crippen molar-refractivity contribution in [3.63, 3.8) is 0 Å². The number of hydrogen-bond donors (Lipinski definition) is 2. The molecule has 0 unspecified atom stereocenters. The molecule has 0 saturated heterocycles. The Hall–Kier alpha value is -3.68. The normalized spacial score (nSPS) is 11.3. The van der Waals surface area contributed by atoms with E-state index in [-0.39, 0.29) is 11.5 Å². The van der Waals surface area contributed by atoms with Crippen molar-refractivity contribution in [3.05, 3.63) is 65.7 Å². The molecule has 2 aromatic rings. The highest BCUT2D eigenvalue weighted by molar-refractivity contribution is 5.98. The van der Waals surface area contributed by atoms with Crippen LogP contribution in [-0.2, 0) is 19.1 Å². The third-order valence-corrected chi connectivity index (χ3v) is 4.16. The average molecular weight is 412 g/mol. The first-order valence-electron chi connectivity index (χ1n) is 9.32. The number of carbonyl (C=O) groups is 4. The largest absolute Gasteiger partial charge is 0.465 e. The van der Waals surface area contributed by atoms with Crippen LogP contribution >= 0.6 is 0 Å². The molecule has 2 aromatic carbocycles. The fraction of sp³-hybridized carbons (Fsp3) is 0.273. The fourth-order valence-corrected chi connectivity index (χ4v) is 2.58. The molecule has 0 fully saturated rings. The molecule has 8 heteroatoms. The molecule has 0 radical (unpaired) electrons. The Bertz CT molecular complexity index is 911. The van der Waals surface area contributed by atoms with Crippen LogP contribution in [0.5, 0.6) is 0 Å². The van der Waals surface area contributed by atoms with Gasteiger partial charge >= 0.3 is 11.9 Å². The number of esters is 2. The summed E-state index contributed by atoms with van der Waals surface area (Å²) in [6, 6.07) is 13.7. The Morgan fingerprint density at radius 2 is 1.60 bits per heavy atom. The molecule has 2 N–H and O–H groups in total. The van der Waals surface area contributed by atoms with Crippen LogP contribution in [-0.4, -0.2) is 43.5 Å². The lowest BCUT2D eigenvalue weighted by atomic mass is 10.0. The average Bonchev–Trinajstić information content (AvgIpc) is 2.75. The van der Waals surface area contributed by atoms with Crippen molar-refractivity contribution in [2.45, 2.75) is 19.9 Å². The number of amides is 2. The monoisotopic (exact) mass is 412 g/mol. The Kier molecular flexibility index (Phi) is 8.10. The summed E-state index contributed by atoms with van der Waals surface area (Å²) in [4.78, 5) is 48.4. The summed E-state index contributed by atoms with van der Waals surface area (Å²) in [5.74, 6) is -2.48. The van der Waals surface area contributed by atoms with Gasteiger partial charge in [0.15, 0.2) is 6.61 Å². The highest BCUT2D eigenvalue weighted by atomic mass is 16.5. The van der Waals surface area contributed by atoms with Crippen LogP contribution in [0.3, 0.4) is 0 Å². The van der Waals surface area contributed by atoms with Gasteiger partial charge < -0.3 is 20.1 Å². The summed E-state index contributed by atoms with van der Waals surface area (Å²) in [5, 5.41) is 5.18. The SMILES string of the molecule is COC(=O)c1cccc(NC(=O)COC(=O)[C@@H](NC(=O)c2ccccc2)C(C)C)c1. The number of carbonyl (C=O) groups excluding carboxylic acids is 4. The molecule has 0 bridgehead atoms. The van der Waals surface area contributed by atoms with E-state index in [1.54, 1.807) is 62.4 Å². The summed E-state index contributed by atoms with van der Waals surface area (Å²) < 4.78 is 9.71. The molecular formula is C22H24N2O6. The first-order chi connectivity index (χ1) is 14.3. The molecule has 0 aliphatic heterocycles. The molecule has 0 aliphatic carbocycles. The molecule has 2 rings (SSSR count). The second kappa shape index (κ2) is 10.8. The van der Waals surface area contributed by atoms with Gasteiger partial charge in [0.2, 0.25) is 0 Å². The molecule has 2 amide bonds. The van der Waals surface area contributed by atoms with Gasteiger partial charge in [-0.3, -0.25) is 9.59 Å². The molecule has 8 nitrogen and oxygen atoms in total. The first-order valence-corrected chi connectivity index (χ1v) is 9.32. The van der Waals surface area contributed by atoms with Gasteiger partial charge in [0, 0.05) is 11.3 Å². The smallest absolute Gasteiger partial charge is 0.337 e. The summed E-state index contributed by atoms with van der Waals surface area (Å²) in [5.41, 5.74) is 1.05. The Labute approximate surface area is 174 Å². The Morgan fingerprint density at radius 1 is 0.933 bits per heavy atom. The van der Waals surface area contributed by atoms with E-state index in [0.717, 1.165) is 0 Å². The zero-order chi connectivity index (χ0) is 22.1. The van der Waals surface area contributed by atoms with Crippen molar-refractivity contribution >= 4 is 29.4 Å². The predicted molar refractivity (Wildman–Crippen MR) is 110 cm³/mol. The summed E-state index contributed by atoms with van der Waals surface area (Å²) >= 11 is 0. The Morgan fingerprint density at radius 3 is 2.23 bits per heavy atom. The summed E-state index contributed by atoms with van der Waals surface area (Å²) in [6.07, 6.45) is 0. The second-order valence-corrected chi connectivity index (χ2v) is 6.79. The number of benzene rings is 2. The van der Waals surface area contributed by atoms with Gasteiger partial charge in [-0.2, -0.15) is 0 Å². The van der Waals surface area contributed by atoms with Crippen LogP contribution in [0.4, 0.5) is 5.69 Å². The second-order valence-electron chi connectivity index (χ2n) is 6.79. The number of rotatable bonds is 8. The lowest BCUT2D eigenvalue weighted by Crippen LogP contribution is -2.45. The lowest BCUT2D eigenvalue weighted by molar-refractivity contribution is -0.150. The van der Waals surface area contributed by atoms with Gasteiger partial charge in [-0.25, -0.2) is 9.59 Å². The van der Waals surface area contributed by atoms with E-state index >= 15 is 0 Å². The van der Waals surface area contributed by atoms with Crippen LogP contribution in [0.25, 0.3) is 0 Å². The van der Waals surface area contributed by atoms with Crippen LogP contribution in [0.1, 0.15) is 34.6 Å². The van der Waals surface area contributed by atoms with Gasteiger partial charge in [-0.1, -0.05) is 38.1 Å². The van der Waals surface area contributed by atoms with E-state index in [4.69, 9.17) is 4.74 Å². The fourth-order valence-electron chi connectivity index (χ4n) is 2.58. The molecule has 0 aromatic heterocycles. The predicted octanol–water partition coefficient (Wildman–Crippen LogP) is 2.41. The third-order valence-electron chi connectivity index (χ3n) is 4.16. The summed E-state index contributed by atoms with van der Waals surface area (Å²) in [7, 11) is 1.26. The minimum absolute atomic E-state index is 0.245. The zero-order valence-corrected chi connectivity index (χ0v) is 17.0. The maximum Gasteiger partial charge on any atom is 0.337 e. The molecule has 30 heavy (non-hydrogen) atoms. The number of hydrogen-bond acceptors (Lipinski definition) is 6. The molecule has 0 heterocycles. The van der Waals surface area contributed by atoms with E-state index in [9.17, 15) is 19.2 Å². The van der Waals surface area contributed by atoms with Crippen molar-refractivity contribution in [1.82, 2.24) is 5.32 Å². The molecule has 0 saturated carbocycles. The maximum atomic E-state index is 12.4. The topological polar surface area (TPSA) is 111 Å². The zero-order valence-electron chi connectivity index (χ0n) is 17.0. The van der Waals surface area contributed by atoms with Crippen molar-refractivity contribution in [3.8, 4) is 0 Å². The van der Waals surface area contributed by atoms with Crippen molar-refractivity contribution in [2.24, 2.45) is 5.92 Å². The van der Waals surface area contributed by atoms with E-state index < -0.39 is 36.4 Å². The first kappa shape index (κ1) is 22.6. The van der Waals surface area contributed by atoms with Crippen LogP contribution < -0.4 is 10.6 Å². The van der Waals surface area contributed by atoms with Crippen molar-refractivity contribution in [1.29, 1.82) is 0 Å². The van der Waals surface area contributed by atoms with E-state index in [1.165, 1.54) is 13.2 Å². The van der Waals surface area contributed by atoms with Crippen molar-refractivity contribution in [2.75, 3.05) is 19.0 Å². The van der Waals surface area contributed by atoms with Crippen LogP contribution in [0, 0.1) is 5.92 Å². The van der Waals surface area contributed by atoms with E-state index in [2.05, 4.69) is 15.4 Å². The van der Waals surface area contributed by atoms with Gasteiger partial charge in [0.25, 0.3) is 11.8 Å². The minimum Gasteiger partial charge on any atom is -0.465 e. The molecule has 0 spiro atoms. The Balaban J connectivity index is 1.93. The standard InChI is InChI=1S/C22H24N2O6/c1-14(2)19(24-20(26)15-8-5-4-6-9-15)22(28)30-13-18(25)23-17-11-7-10-16(12-17)21(27)29-3/h4-12,14,19H,13H2,1-3H3,(H,23,25)(H,24,26)/t19-/m0/s1. The lowest BCUT2D eigenvalue weighted by Gasteiger charge is -2.20. The van der Waals surface area contributed by atoms with Gasteiger partial charge in [0.05, 0.1) is 12.7 Å². The molecular weight excluding hydrogens is 388 g/mol. The van der Waals surface area contributed by atoms with Crippen LogP contribution in [0.2, 0.25) is 0 Å². The molecule has 158 valence electrons. The highest BCUT2D eigenvalue weighted by Crippen LogP contribution is 2.12. The van der Waals surface area contributed by atoms with Gasteiger partial charge in [-0.05, 0) is 36.2 Å². The van der Waals surface area contributed by atoms with Gasteiger partial charge in [-0.15, -0.1) is 0 Å². The quantitative estimate of drug-likeness (QED) is 0.644. The van der Waals surface area contributed by atoms with E-state index in [0.29, 0.717) is 11.3 Å². The number of ether oxygens (including phenoxy) is 2. The number of anilines is 1. The molecule has 0 aliphatic rings. The summed E-state index contributed by atoms with van der Waals surface area (Å²) in [6.45, 7) is 2.98. The van der Waals surface area contributed by atoms with Crippen LogP contribution in [0.15, 0.2) is 54.6 Å². The third kappa shape index (κ3) is 6.44. The molecule has 1 atom stereocenters. The number of nitrogens with one attached hydrogen (secondary N) is 2. The number of methoxy groups -OCH3 is 1. The van der Waals surface area contributed by atoms with E-state index in [1.807, 2.05) is 0 Å². The maximum absolute atomic E-state index is 12.4. The van der Waals surface area contributed by atoms with Crippen molar-refractivity contribution < 1.29 is 28.7 Å². The minimum atomic E-state index is -0.909. The van der Waals surface area contributed by atoms with Gasteiger partial charge in [0.1, 0.15) is 6.04 Å². The highest BCUT2D eigenvalue weighted by Gasteiger charge is 2.26.